The van der Waals surface area contributed by atoms with Gasteiger partial charge in [-0.1, -0.05) is 12.1 Å². The number of rotatable bonds is 1. The van der Waals surface area contributed by atoms with E-state index in [1.54, 1.807) is 0 Å². The van der Waals surface area contributed by atoms with Crippen LogP contribution in [-0.4, -0.2) is 22.6 Å². The molecule has 0 unspecified atom stereocenters. The summed E-state index contributed by atoms with van der Waals surface area (Å²) in [6.07, 6.45) is 3.82. The van der Waals surface area contributed by atoms with Gasteiger partial charge in [0.1, 0.15) is 0 Å². The molecule has 2 rings (SSSR count). The summed E-state index contributed by atoms with van der Waals surface area (Å²) in [5.74, 6) is 0. The van der Waals surface area contributed by atoms with Crippen molar-refractivity contribution in [3.63, 3.8) is 0 Å². The molecule has 0 amide bonds. The second-order valence-corrected chi connectivity index (χ2v) is 5.67. The number of nitrogens with zero attached hydrogens (tertiary/aromatic N) is 1. The molecule has 2 nitrogen and oxygen atoms in total. The molecule has 1 fully saturated rings. The molecule has 0 aromatic heterocycles. The van der Waals surface area contributed by atoms with Crippen molar-refractivity contribution in [3.8, 4) is 0 Å². The molecule has 1 aliphatic heterocycles. The first-order valence-corrected chi connectivity index (χ1v) is 7.13. The van der Waals surface area contributed by atoms with Crippen LogP contribution in [0, 0.1) is 13.8 Å². The second kappa shape index (κ2) is 5.70. The summed E-state index contributed by atoms with van der Waals surface area (Å²) in [5, 5.41) is 4.28. The van der Waals surface area contributed by atoms with Crippen molar-refractivity contribution in [2.75, 3.05) is 11.9 Å². The maximum absolute atomic E-state index is 5.55. The van der Waals surface area contributed by atoms with Gasteiger partial charge in [0.25, 0.3) is 0 Å². The Hall–Kier alpha value is -1.09. The molecule has 1 aliphatic rings. The van der Waals surface area contributed by atoms with Gasteiger partial charge >= 0.3 is 0 Å². The lowest BCUT2D eigenvalue weighted by Gasteiger charge is -2.35. The van der Waals surface area contributed by atoms with Crippen LogP contribution in [0.15, 0.2) is 18.2 Å². The van der Waals surface area contributed by atoms with E-state index in [1.807, 2.05) is 0 Å². The molecule has 18 heavy (non-hydrogen) atoms. The third-order valence-corrected chi connectivity index (χ3v) is 4.04. The van der Waals surface area contributed by atoms with Crippen LogP contribution < -0.4 is 5.32 Å². The molecule has 1 N–H and O–H groups in total. The summed E-state index contributed by atoms with van der Waals surface area (Å²) < 4.78 is 0. The molecular weight excluding hydrogens is 240 g/mol. The molecule has 1 heterocycles. The highest BCUT2D eigenvalue weighted by Crippen LogP contribution is 2.20. The predicted molar refractivity (Wildman–Crippen MR) is 82.2 cm³/mol. The molecule has 0 aliphatic carbocycles. The predicted octanol–water partition coefficient (Wildman–Crippen LogP) is 3.87. The quantitative estimate of drug-likeness (QED) is 0.773. The molecule has 0 bridgehead atoms. The summed E-state index contributed by atoms with van der Waals surface area (Å²) in [4.78, 5) is 2.32. The number of benzene rings is 1. The van der Waals surface area contributed by atoms with Gasteiger partial charge < -0.3 is 10.2 Å². The highest BCUT2D eigenvalue weighted by atomic mass is 32.1. The summed E-state index contributed by atoms with van der Waals surface area (Å²) >= 11 is 5.55. The SMILES string of the molecule is Cc1ccc(C)c(NC(=S)N2CCCC[C@@H]2C)c1. The van der Waals surface area contributed by atoms with Crippen LogP contribution in [0.4, 0.5) is 5.69 Å². The van der Waals surface area contributed by atoms with Crippen molar-refractivity contribution in [1.29, 1.82) is 0 Å². The number of likely N-dealkylation sites (tertiary alicyclic amines) is 1. The van der Waals surface area contributed by atoms with Crippen molar-refractivity contribution in [2.24, 2.45) is 0 Å². The number of nitrogens with one attached hydrogen (secondary N) is 1. The van der Waals surface area contributed by atoms with Crippen molar-refractivity contribution >= 4 is 23.0 Å². The van der Waals surface area contributed by atoms with Gasteiger partial charge in [0.15, 0.2) is 5.11 Å². The second-order valence-electron chi connectivity index (χ2n) is 5.29. The van der Waals surface area contributed by atoms with Crippen molar-refractivity contribution in [2.45, 2.75) is 46.1 Å². The normalized spacial score (nSPS) is 19.7. The average Bonchev–Trinajstić information content (AvgIpc) is 2.34. The van der Waals surface area contributed by atoms with Crippen LogP contribution in [0.25, 0.3) is 0 Å². The number of anilines is 1. The first-order valence-electron chi connectivity index (χ1n) is 6.73. The van der Waals surface area contributed by atoms with Crippen LogP contribution in [0.1, 0.15) is 37.3 Å². The van der Waals surface area contributed by atoms with E-state index in [1.165, 1.54) is 30.4 Å². The summed E-state index contributed by atoms with van der Waals surface area (Å²) in [6, 6.07) is 6.99. The van der Waals surface area contributed by atoms with Gasteiger partial charge in [-0.25, -0.2) is 0 Å². The monoisotopic (exact) mass is 262 g/mol. The Morgan fingerprint density at radius 1 is 1.33 bits per heavy atom. The molecular formula is C15H22N2S. The Morgan fingerprint density at radius 3 is 2.83 bits per heavy atom. The lowest BCUT2D eigenvalue weighted by Crippen LogP contribution is -2.44. The van der Waals surface area contributed by atoms with Crippen LogP contribution in [0.2, 0.25) is 0 Å². The molecule has 0 radical (unpaired) electrons. The Morgan fingerprint density at radius 2 is 2.11 bits per heavy atom. The number of thiocarbonyl (C=S) groups is 1. The largest absolute Gasteiger partial charge is 0.346 e. The molecule has 1 atom stereocenters. The van der Waals surface area contributed by atoms with Crippen molar-refractivity contribution < 1.29 is 0 Å². The van der Waals surface area contributed by atoms with E-state index < -0.39 is 0 Å². The van der Waals surface area contributed by atoms with Gasteiger partial charge in [-0.2, -0.15) is 0 Å². The fourth-order valence-electron chi connectivity index (χ4n) is 2.46. The molecule has 1 saturated heterocycles. The van der Waals surface area contributed by atoms with E-state index in [9.17, 15) is 0 Å². The van der Waals surface area contributed by atoms with E-state index in [-0.39, 0.29) is 0 Å². The van der Waals surface area contributed by atoms with Gasteiger partial charge in [0.2, 0.25) is 0 Å². The van der Waals surface area contributed by atoms with Crippen molar-refractivity contribution in [1.82, 2.24) is 4.90 Å². The Labute approximate surface area is 115 Å². The van der Waals surface area contributed by atoms with Crippen molar-refractivity contribution in [3.05, 3.63) is 29.3 Å². The maximum Gasteiger partial charge on any atom is 0.173 e. The zero-order valence-corrected chi connectivity index (χ0v) is 12.3. The third-order valence-electron chi connectivity index (χ3n) is 3.70. The van der Waals surface area contributed by atoms with Crippen LogP contribution in [0.5, 0.6) is 0 Å². The standard InChI is InChI=1S/C15H22N2S/c1-11-7-8-12(2)14(10-11)16-15(18)17-9-5-4-6-13(17)3/h7-8,10,13H,4-6,9H2,1-3H3,(H,16,18)/t13-/m0/s1. The summed E-state index contributed by atoms with van der Waals surface area (Å²) in [6.45, 7) is 7.56. The fraction of sp³-hybridized carbons (Fsp3) is 0.533. The number of aryl methyl sites for hydroxylation is 2. The molecule has 98 valence electrons. The van der Waals surface area contributed by atoms with Gasteiger partial charge in [-0.15, -0.1) is 0 Å². The average molecular weight is 262 g/mol. The number of hydrogen-bond acceptors (Lipinski definition) is 1. The molecule has 0 saturated carbocycles. The third kappa shape index (κ3) is 3.02. The summed E-state index contributed by atoms with van der Waals surface area (Å²) in [5.41, 5.74) is 3.64. The topological polar surface area (TPSA) is 15.3 Å². The molecule has 0 spiro atoms. The fourth-order valence-corrected chi connectivity index (χ4v) is 2.84. The number of hydrogen-bond donors (Lipinski definition) is 1. The lowest BCUT2D eigenvalue weighted by molar-refractivity contribution is 0.262. The van der Waals surface area contributed by atoms with Gasteiger partial charge in [-0.05, 0) is 69.4 Å². The van der Waals surface area contributed by atoms with E-state index in [4.69, 9.17) is 12.2 Å². The van der Waals surface area contributed by atoms with Crippen LogP contribution >= 0.6 is 12.2 Å². The van der Waals surface area contributed by atoms with Crippen LogP contribution in [0.3, 0.4) is 0 Å². The minimum Gasteiger partial charge on any atom is -0.346 e. The first kappa shape index (κ1) is 13.3. The summed E-state index contributed by atoms with van der Waals surface area (Å²) in [7, 11) is 0. The highest BCUT2D eigenvalue weighted by Gasteiger charge is 2.20. The zero-order valence-electron chi connectivity index (χ0n) is 11.5. The van der Waals surface area contributed by atoms with Gasteiger partial charge in [0, 0.05) is 18.3 Å². The Bertz CT molecular complexity index is 442. The first-order chi connectivity index (χ1) is 8.58. The van der Waals surface area contributed by atoms with E-state index in [0.717, 1.165) is 17.3 Å². The Balaban J connectivity index is 2.08. The molecule has 3 heteroatoms. The minimum atomic E-state index is 0.559. The molecule has 1 aromatic carbocycles. The molecule has 1 aromatic rings. The van der Waals surface area contributed by atoms with E-state index >= 15 is 0 Å². The Kier molecular flexibility index (Phi) is 4.23. The highest BCUT2D eigenvalue weighted by molar-refractivity contribution is 7.80. The van der Waals surface area contributed by atoms with E-state index in [0.29, 0.717) is 6.04 Å². The van der Waals surface area contributed by atoms with Gasteiger partial charge in [0.05, 0.1) is 0 Å². The number of piperidine rings is 1. The lowest BCUT2D eigenvalue weighted by atomic mass is 10.0. The maximum atomic E-state index is 5.55. The van der Waals surface area contributed by atoms with E-state index in [2.05, 4.69) is 49.2 Å². The zero-order chi connectivity index (χ0) is 13.1. The smallest absolute Gasteiger partial charge is 0.173 e. The van der Waals surface area contributed by atoms with Gasteiger partial charge in [-0.3, -0.25) is 0 Å². The van der Waals surface area contributed by atoms with Crippen LogP contribution in [-0.2, 0) is 0 Å². The minimum absolute atomic E-state index is 0.559.